The molecule has 1 aliphatic heterocycles. The Bertz CT molecular complexity index is 978. The Labute approximate surface area is 134 Å². The molecule has 0 saturated carbocycles. The molecular formula is C15H12N4O3S. The number of anilines is 1. The highest BCUT2D eigenvalue weighted by molar-refractivity contribution is 7.10. The van der Waals surface area contributed by atoms with Crippen LogP contribution in [0.15, 0.2) is 40.6 Å². The van der Waals surface area contributed by atoms with Gasteiger partial charge in [-0.05, 0) is 35.6 Å². The molecule has 3 aromatic heterocycles. The maximum atomic E-state index is 12.5. The van der Waals surface area contributed by atoms with Gasteiger partial charge in [0.05, 0.1) is 4.92 Å². The zero-order valence-corrected chi connectivity index (χ0v) is 12.8. The van der Waals surface area contributed by atoms with Gasteiger partial charge in [-0.3, -0.25) is 19.3 Å². The topological polar surface area (TPSA) is 80.8 Å². The van der Waals surface area contributed by atoms with E-state index in [1.165, 1.54) is 15.5 Å². The van der Waals surface area contributed by atoms with Gasteiger partial charge >= 0.3 is 11.2 Å². The number of nitrogens with zero attached hydrogens (tertiary/aromatic N) is 4. The summed E-state index contributed by atoms with van der Waals surface area (Å²) in [5, 5.41) is 13.5. The second-order valence-corrected chi connectivity index (χ2v) is 6.32. The molecule has 0 radical (unpaired) electrons. The second-order valence-electron chi connectivity index (χ2n) is 5.32. The van der Waals surface area contributed by atoms with Crippen LogP contribution in [-0.2, 0) is 13.0 Å². The number of pyridine rings is 1. The fourth-order valence-electron chi connectivity index (χ4n) is 2.88. The summed E-state index contributed by atoms with van der Waals surface area (Å²) in [6, 6.07) is 7.10. The summed E-state index contributed by atoms with van der Waals surface area (Å²) in [6.45, 7) is 1.15. The smallest absolute Gasteiger partial charge is 0.346 e. The Balaban J connectivity index is 1.91. The molecule has 23 heavy (non-hydrogen) atoms. The van der Waals surface area contributed by atoms with Crippen LogP contribution in [0.25, 0.3) is 5.65 Å². The van der Waals surface area contributed by atoms with Gasteiger partial charge in [-0.2, -0.15) is 0 Å². The highest BCUT2D eigenvalue weighted by Gasteiger charge is 2.29. The Kier molecular flexibility index (Phi) is 3.12. The molecule has 0 saturated heterocycles. The first-order chi connectivity index (χ1) is 11.1. The monoisotopic (exact) mass is 328 g/mol. The summed E-state index contributed by atoms with van der Waals surface area (Å²) in [7, 11) is 0. The van der Waals surface area contributed by atoms with Crippen molar-refractivity contribution in [3.8, 4) is 0 Å². The zero-order valence-electron chi connectivity index (χ0n) is 12.0. The zero-order chi connectivity index (χ0) is 16.0. The quantitative estimate of drug-likeness (QED) is 0.532. The summed E-state index contributed by atoms with van der Waals surface area (Å²) in [6.07, 6.45) is 2.30. The first-order valence-electron chi connectivity index (χ1n) is 7.11. The first-order valence-corrected chi connectivity index (χ1v) is 7.99. The number of hydrogen-bond donors (Lipinski definition) is 0. The Morgan fingerprint density at radius 3 is 3.00 bits per heavy atom. The van der Waals surface area contributed by atoms with Crippen LogP contribution in [0.5, 0.6) is 0 Å². The molecule has 3 aromatic rings. The summed E-state index contributed by atoms with van der Waals surface area (Å²) in [4.78, 5) is 30.8. The van der Waals surface area contributed by atoms with Crippen LogP contribution in [0.1, 0.15) is 10.4 Å². The third kappa shape index (κ3) is 2.18. The van der Waals surface area contributed by atoms with Crippen LogP contribution in [-0.4, -0.2) is 20.9 Å². The van der Waals surface area contributed by atoms with Gasteiger partial charge in [0.2, 0.25) is 5.82 Å². The predicted octanol–water partition coefficient (Wildman–Crippen LogP) is 2.23. The van der Waals surface area contributed by atoms with Crippen molar-refractivity contribution in [2.24, 2.45) is 0 Å². The summed E-state index contributed by atoms with van der Waals surface area (Å²) in [5.74, 6) is 0.156. The van der Waals surface area contributed by atoms with Crippen molar-refractivity contribution in [1.29, 1.82) is 0 Å². The average Bonchev–Trinajstić information content (AvgIpc) is 3.02. The third-order valence-corrected chi connectivity index (χ3v) is 5.00. The number of fused-ring (bicyclic) bond motifs is 2. The van der Waals surface area contributed by atoms with E-state index in [1.54, 1.807) is 29.5 Å². The van der Waals surface area contributed by atoms with Crippen LogP contribution >= 0.6 is 11.3 Å². The molecule has 0 spiro atoms. The number of nitro groups is 1. The lowest BCUT2D eigenvalue weighted by Crippen LogP contribution is -2.33. The molecule has 0 bridgehead atoms. The minimum Gasteiger partial charge on any atom is -0.346 e. The first kappa shape index (κ1) is 13.9. The van der Waals surface area contributed by atoms with Crippen LogP contribution in [0.2, 0.25) is 0 Å². The van der Waals surface area contributed by atoms with Gasteiger partial charge in [-0.25, -0.2) is 4.98 Å². The number of aromatic nitrogens is 2. The maximum absolute atomic E-state index is 12.5. The molecule has 4 rings (SSSR count). The molecule has 0 atom stereocenters. The number of thiophene rings is 1. The normalized spacial score (nSPS) is 14.0. The van der Waals surface area contributed by atoms with Gasteiger partial charge in [0.1, 0.15) is 5.65 Å². The van der Waals surface area contributed by atoms with Gasteiger partial charge in [-0.15, -0.1) is 11.3 Å². The van der Waals surface area contributed by atoms with E-state index in [2.05, 4.69) is 4.98 Å². The van der Waals surface area contributed by atoms with Gasteiger partial charge in [-0.1, -0.05) is 6.07 Å². The summed E-state index contributed by atoms with van der Waals surface area (Å²) >= 11 is 1.69. The molecule has 0 aliphatic carbocycles. The van der Waals surface area contributed by atoms with Crippen molar-refractivity contribution in [2.75, 3.05) is 11.4 Å². The van der Waals surface area contributed by atoms with Crippen LogP contribution in [0.4, 0.5) is 11.5 Å². The second kappa shape index (κ2) is 5.17. The van der Waals surface area contributed by atoms with Crippen molar-refractivity contribution in [3.63, 3.8) is 0 Å². The molecule has 7 nitrogen and oxygen atoms in total. The molecule has 0 fully saturated rings. The van der Waals surface area contributed by atoms with Crippen LogP contribution < -0.4 is 10.5 Å². The van der Waals surface area contributed by atoms with Crippen molar-refractivity contribution in [2.45, 2.75) is 13.0 Å². The molecule has 0 amide bonds. The standard InChI is InChI=1S/C15H12N4O3S/c20-15-13(19(21)22)14(16-12-3-1-2-6-18(12)15)17-7-4-11-10(9-17)5-8-23-11/h1-3,5-6,8H,4,7,9H2. The van der Waals surface area contributed by atoms with Gasteiger partial charge in [0.25, 0.3) is 0 Å². The van der Waals surface area contributed by atoms with E-state index in [4.69, 9.17) is 0 Å². The Morgan fingerprint density at radius 2 is 2.17 bits per heavy atom. The van der Waals surface area contributed by atoms with E-state index in [1.807, 2.05) is 16.3 Å². The van der Waals surface area contributed by atoms with Crippen molar-refractivity contribution >= 4 is 28.5 Å². The minimum absolute atomic E-state index is 0.156. The highest BCUT2D eigenvalue weighted by atomic mass is 32.1. The van der Waals surface area contributed by atoms with Gasteiger partial charge in [0, 0.05) is 24.2 Å². The van der Waals surface area contributed by atoms with Crippen molar-refractivity contribution in [3.05, 3.63) is 66.8 Å². The average molecular weight is 328 g/mol. The largest absolute Gasteiger partial charge is 0.376 e. The van der Waals surface area contributed by atoms with E-state index >= 15 is 0 Å². The molecule has 116 valence electrons. The van der Waals surface area contributed by atoms with E-state index in [-0.39, 0.29) is 5.82 Å². The highest BCUT2D eigenvalue weighted by Crippen LogP contribution is 2.30. The fraction of sp³-hybridized carbons (Fsp3) is 0.200. The third-order valence-electron chi connectivity index (χ3n) is 3.98. The van der Waals surface area contributed by atoms with Gasteiger partial charge in [0.15, 0.2) is 0 Å². The number of rotatable bonds is 2. The van der Waals surface area contributed by atoms with Crippen LogP contribution in [0, 0.1) is 10.1 Å². The van der Waals surface area contributed by atoms with Gasteiger partial charge < -0.3 is 4.90 Å². The summed E-state index contributed by atoms with van der Waals surface area (Å²) < 4.78 is 1.21. The van der Waals surface area contributed by atoms with E-state index in [9.17, 15) is 14.9 Å². The van der Waals surface area contributed by atoms with Crippen molar-refractivity contribution in [1.82, 2.24) is 9.38 Å². The number of hydrogen-bond acceptors (Lipinski definition) is 6. The Hall–Kier alpha value is -2.74. The maximum Gasteiger partial charge on any atom is 0.376 e. The molecule has 4 heterocycles. The SMILES string of the molecule is O=c1c([N+](=O)[O-])c(N2CCc3sccc3C2)nc2ccccn12. The lowest BCUT2D eigenvalue weighted by atomic mass is 10.1. The minimum atomic E-state index is -0.647. The molecule has 0 aromatic carbocycles. The lowest BCUT2D eigenvalue weighted by molar-refractivity contribution is -0.385. The molecule has 0 N–H and O–H groups in total. The molecule has 0 unspecified atom stereocenters. The Morgan fingerprint density at radius 1 is 1.30 bits per heavy atom. The van der Waals surface area contributed by atoms with Crippen molar-refractivity contribution < 1.29 is 4.92 Å². The van der Waals surface area contributed by atoms with E-state index in [0.29, 0.717) is 18.7 Å². The lowest BCUT2D eigenvalue weighted by Gasteiger charge is -2.27. The molecule has 1 aliphatic rings. The van der Waals surface area contributed by atoms with Crippen LogP contribution in [0.3, 0.4) is 0 Å². The predicted molar refractivity (Wildman–Crippen MR) is 87.2 cm³/mol. The summed E-state index contributed by atoms with van der Waals surface area (Å²) in [5.41, 5.74) is 0.443. The molecule has 8 heteroatoms. The van der Waals surface area contributed by atoms with E-state index < -0.39 is 16.2 Å². The molecular weight excluding hydrogens is 316 g/mol. The fourth-order valence-corrected chi connectivity index (χ4v) is 3.77. The van der Waals surface area contributed by atoms with E-state index in [0.717, 1.165) is 12.0 Å².